The molecule has 0 unspecified atom stereocenters. The van der Waals surface area contributed by atoms with Crippen LogP contribution in [-0.4, -0.2) is 65.8 Å². The summed E-state index contributed by atoms with van der Waals surface area (Å²) in [6, 6.07) is 3.58. The largest absolute Gasteiger partial charge is 0.476 e. The van der Waals surface area contributed by atoms with Crippen molar-refractivity contribution in [3.05, 3.63) is 30.1 Å². The topological polar surface area (TPSA) is 48.9 Å². The van der Waals surface area contributed by atoms with Gasteiger partial charge in [0.15, 0.2) is 0 Å². The van der Waals surface area contributed by atoms with E-state index >= 15 is 0 Å². The molecule has 0 radical (unpaired) electrons. The second kappa shape index (κ2) is 7.13. The van der Waals surface area contributed by atoms with Crippen LogP contribution < -0.4 is 9.64 Å². The highest BCUT2D eigenvalue weighted by molar-refractivity contribution is 5.93. The third kappa shape index (κ3) is 3.98. The number of rotatable bonds is 5. The average Bonchev–Trinajstić information content (AvgIpc) is 3.41. The van der Waals surface area contributed by atoms with E-state index in [4.69, 9.17) is 4.74 Å². The molecule has 0 N–H and O–H groups in total. The Labute approximate surface area is 178 Å². The molecule has 0 bridgehead atoms. The van der Waals surface area contributed by atoms with Crippen LogP contribution in [0.1, 0.15) is 51.0 Å². The molecular formula is C23H33FN4O2. The van der Waals surface area contributed by atoms with Crippen LogP contribution >= 0.6 is 0 Å². The molecule has 3 fully saturated rings. The summed E-state index contributed by atoms with van der Waals surface area (Å²) < 4.78 is 20.1. The highest BCUT2D eigenvalue weighted by Crippen LogP contribution is 2.38. The van der Waals surface area contributed by atoms with Gasteiger partial charge in [-0.2, -0.15) is 0 Å². The van der Waals surface area contributed by atoms with Crippen molar-refractivity contribution in [3.8, 4) is 5.88 Å². The predicted molar refractivity (Wildman–Crippen MR) is 115 cm³/mol. The molecule has 1 amide bonds. The number of alkyl halides is 1. The number of amides is 1. The van der Waals surface area contributed by atoms with Gasteiger partial charge in [-0.05, 0) is 37.8 Å². The van der Waals surface area contributed by atoms with Crippen molar-refractivity contribution < 1.29 is 13.9 Å². The summed E-state index contributed by atoms with van der Waals surface area (Å²) in [4.78, 5) is 23.9. The van der Waals surface area contributed by atoms with Gasteiger partial charge in [0.1, 0.15) is 23.2 Å². The number of pyridine rings is 1. The zero-order valence-corrected chi connectivity index (χ0v) is 18.7. The number of nitrogens with zero attached hydrogens (tertiary/aromatic N) is 4. The fraction of sp³-hybridized carbons (Fsp3) is 0.652. The van der Waals surface area contributed by atoms with E-state index < -0.39 is 5.67 Å². The van der Waals surface area contributed by atoms with Crippen molar-refractivity contribution in [2.24, 2.45) is 11.3 Å². The van der Waals surface area contributed by atoms with E-state index in [0.29, 0.717) is 43.7 Å². The van der Waals surface area contributed by atoms with Gasteiger partial charge in [0.2, 0.25) is 5.88 Å². The van der Waals surface area contributed by atoms with E-state index in [9.17, 15) is 9.18 Å². The Bertz CT molecular complexity index is 851. The van der Waals surface area contributed by atoms with Crippen molar-refractivity contribution in [2.75, 3.05) is 38.2 Å². The first kappa shape index (κ1) is 20.9. The van der Waals surface area contributed by atoms with Gasteiger partial charge in [-0.3, -0.25) is 4.79 Å². The standard InChI is InChI=1S/C23H33FN4O2/c1-15-11-28(21(26(15)6)22(2,3)4)20(29)17-9-10-18(27-13-23(5,24)14-27)19(25-17)30-12-16-7-8-16/h9-10,16,21H,1,7-8,11-14H2,2-6H3/t21-/m1/s1. The molecule has 0 spiro atoms. The van der Waals surface area contributed by atoms with Crippen LogP contribution in [-0.2, 0) is 0 Å². The summed E-state index contributed by atoms with van der Waals surface area (Å²) in [5.74, 6) is 0.854. The lowest BCUT2D eigenvalue weighted by Crippen LogP contribution is -2.57. The van der Waals surface area contributed by atoms with E-state index in [-0.39, 0.29) is 17.5 Å². The number of carbonyl (C=O) groups is 1. The van der Waals surface area contributed by atoms with Crippen LogP contribution in [0.15, 0.2) is 24.4 Å². The highest BCUT2D eigenvalue weighted by Gasteiger charge is 2.44. The number of hydrogen-bond donors (Lipinski definition) is 0. The smallest absolute Gasteiger partial charge is 0.274 e. The van der Waals surface area contributed by atoms with Gasteiger partial charge >= 0.3 is 0 Å². The summed E-state index contributed by atoms with van der Waals surface area (Å²) in [6.45, 7) is 13.8. The number of hydrogen-bond acceptors (Lipinski definition) is 5. The molecule has 7 heteroatoms. The molecule has 1 atom stereocenters. The molecular weight excluding hydrogens is 383 g/mol. The molecule has 2 saturated heterocycles. The Morgan fingerprint density at radius 3 is 2.57 bits per heavy atom. The molecule has 30 heavy (non-hydrogen) atoms. The first-order valence-electron chi connectivity index (χ1n) is 10.8. The van der Waals surface area contributed by atoms with Gasteiger partial charge < -0.3 is 19.4 Å². The normalized spacial score (nSPS) is 23.6. The van der Waals surface area contributed by atoms with Crippen LogP contribution in [0, 0.1) is 11.3 Å². The molecule has 4 rings (SSSR count). The first-order valence-corrected chi connectivity index (χ1v) is 10.8. The molecule has 3 aliphatic rings. The third-order valence-electron chi connectivity index (χ3n) is 6.14. The van der Waals surface area contributed by atoms with Crippen LogP contribution in [0.25, 0.3) is 0 Å². The number of likely N-dealkylation sites (N-methyl/N-ethyl adjacent to an activating group) is 1. The van der Waals surface area contributed by atoms with Crippen molar-refractivity contribution in [1.82, 2.24) is 14.8 Å². The third-order valence-corrected chi connectivity index (χ3v) is 6.14. The fourth-order valence-corrected chi connectivity index (χ4v) is 4.46. The number of carbonyl (C=O) groups excluding carboxylic acids is 1. The van der Waals surface area contributed by atoms with Crippen LogP contribution in [0.2, 0.25) is 0 Å². The second-order valence-corrected chi connectivity index (χ2v) is 10.4. The van der Waals surface area contributed by atoms with Gasteiger partial charge in [-0.1, -0.05) is 27.4 Å². The Hall–Kier alpha value is -2.31. The van der Waals surface area contributed by atoms with Crippen molar-refractivity contribution >= 4 is 11.6 Å². The zero-order chi connectivity index (χ0) is 21.8. The summed E-state index contributed by atoms with van der Waals surface area (Å²) in [7, 11) is 1.98. The molecule has 1 aromatic heterocycles. The Balaban J connectivity index is 1.60. The number of ether oxygens (including phenoxy) is 1. The van der Waals surface area contributed by atoms with E-state index in [1.165, 1.54) is 0 Å². The molecule has 6 nitrogen and oxygen atoms in total. The SMILES string of the molecule is C=C1CN(C(=O)c2ccc(N3CC(C)(F)C3)c(OCC3CC3)n2)[C@H](C(C)(C)C)N1C. The zero-order valence-electron chi connectivity index (χ0n) is 18.7. The fourth-order valence-electron chi connectivity index (χ4n) is 4.46. The van der Waals surface area contributed by atoms with Crippen LogP contribution in [0.3, 0.4) is 0 Å². The van der Waals surface area contributed by atoms with Gasteiger partial charge in [-0.25, -0.2) is 9.37 Å². The summed E-state index contributed by atoms with van der Waals surface area (Å²) in [5, 5.41) is 0. The monoisotopic (exact) mass is 416 g/mol. The lowest BCUT2D eigenvalue weighted by molar-refractivity contribution is 0.0389. The van der Waals surface area contributed by atoms with Crippen LogP contribution in [0.5, 0.6) is 5.88 Å². The van der Waals surface area contributed by atoms with E-state index in [0.717, 1.165) is 24.2 Å². The average molecular weight is 417 g/mol. The van der Waals surface area contributed by atoms with Crippen molar-refractivity contribution in [3.63, 3.8) is 0 Å². The van der Waals surface area contributed by atoms with Crippen molar-refractivity contribution in [1.29, 1.82) is 0 Å². The van der Waals surface area contributed by atoms with Gasteiger partial charge in [0.25, 0.3) is 5.91 Å². The summed E-state index contributed by atoms with van der Waals surface area (Å²) >= 11 is 0. The number of halogens is 1. The second-order valence-electron chi connectivity index (χ2n) is 10.4. The lowest BCUT2D eigenvalue weighted by atomic mass is 9.91. The summed E-state index contributed by atoms with van der Waals surface area (Å²) in [6.07, 6.45) is 2.23. The predicted octanol–water partition coefficient (Wildman–Crippen LogP) is 3.69. The van der Waals surface area contributed by atoms with E-state index in [2.05, 4.69) is 37.2 Å². The number of anilines is 1. The molecule has 1 aromatic rings. The van der Waals surface area contributed by atoms with Gasteiger partial charge in [0, 0.05) is 18.2 Å². The van der Waals surface area contributed by atoms with Gasteiger partial charge in [-0.15, -0.1) is 0 Å². The Kier molecular flexibility index (Phi) is 4.98. The Morgan fingerprint density at radius 2 is 2.00 bits per heavy atom. The molecule has 164 valence electrons. The molecule has 3 heterocycles. The number of aromatic nitrogens is 1. The molecule has 0 aromatic carbocycles. The maximum Gasteiger partial charge on any atom is 0.274 e. The molecule has 1 aliphatic carbocycles. The summed E-state index contributed by atoms with van der Waals surface area (Å²) in [5.41, 5.74) is 0.692. The first-order chi connectivity index (χ1) is 14.0. The van der Waals surface area contributed by atoms with Crippen LogP contribution in [0.4, 0.5) is 10.1 Å². The quantitative estimate of drug-likeness (QED) is 0.733. The maximum absolute atomic E-state index is 14.1. The highest BCUT2D eigenvalue weighted by atomic mass is 19.1. The minimum absolute atomic E-state index is 0.0996. The maximum atomic E-state index is 14.1. The molecule has 1 saturated carbocycles. The minimum atomic E-state index is -1.19. The van der Waals surface area contributed by atoms with E-state index in [1.54, 1.807) is 13.0 Å². The van der Waals surface area contributed by atoms with Gasteiger partial charge in [0.05, 0.1) is 26.2 Å². The minimum Gasteiger partial charge on any atom is -0.476 e. The molecule has 2 aliphatic heterocycles. The Morgan fingerprint density at radius 1 is 1.33 bits per heavy atom. The van der Waals surface area contributed by atoms with E-state index in [1.807, 2.05) is 22.9 Å². The van der Waals surface area contributed by atoms with Crippen molar-refractivity contribution in [2.45, 2.75) is 52.4 Å². The lowest BCUT2D eigenvalue weighted by Gasteiger charge is -2.44.